The lowest BCUT2D eigenvalue weighted by atomic mass is 9.89. The van der Waals surface area contributed by atoms with Crippen LogP contribution in [0.2, 0.25) is 0 Å². The maximum absolute atomic E-state index is 11.8. The van der Waals surface area contributed by atoms with E-state index in [1.165, 1.54) is 16.9 Å². The summed E-state index contributed by atoms with van der Waals surface area (Å²) < 4.78 is 66.4. The zero-order valence-corrected chi connectivity index (χ0v) is 22.4. The quantitative estimate of drug-likeness (QED) is 0.241. The van der Waals surface area contributed by atoms with Gasteiger partial charge in [-0.15, -0.1) is 11.3 Å². The fraction of sp³-hybridized carbons (Fsp3) is 0.280. The predicted octanol–water partition coefficient (Wildman–Crippen LogP) is 5.50. The summed E-state index contributed by atoms with van der Waals surface area (Å²) in [5.41, 5.74) is 2.84. The minimum Gasteiger partial charge on any atom is -0.282 e. The standard InChI is InChI=1S/C25H26N2O6S3/c1-25(2,3)12-4-5-16-6-10-22-20(13-16)27-19-9-7-17(14-23(19)34-22)26-21-15-18(35(28,29)30)8-11-24(21)36(31,32)33/h6-11,13-15H,4-5,12H2,1-3H3,(H,28,29,30)(H,31,32,33). The fourth-order valence-corrected chi connectivity index (χ4v) is 5.90. The maximum Gasteiger partial charge on any atom is 0.296 e. The molecule has 190 valence electrons. The average molecular weight is 547 g/mol. The summed E-state index contributed by atoms with van der Waals surface area (Å²) in [6, 6.07) is 14.0. The first-order valence-corrected chi connectivity index (χ1v) is 14.9. The molecule has 1 aliphatic heterocycles. The maximum atomic E-state index is 11.8. The van der Waals surface area contributed by atoms with E-state index < -0.39 is 30.0 Å². The summed E-state index contributed by atoms with van der Waals surface area (Å²) in [5.74, 6) is 0. The van der Waals surface area contributed by atoms with Gasteiger partial charge < -0.3 is 0 Å². The molecule has 0 atom stereocenters. The van der Waals surface area contributed by atoms with Crippen LogP contribution in [0.3, 0.4) is 0 Å². The first-order chi connectivity index (χ1) is 16.7. The van der Waals surface area contributed by atoms with E-state index in [0.717, 1.165) is 58.2 Å². The number of aromatic nitrogens is 1. The molecule has 2 N–H and O–H groups in total. The third-order valence-corrected chi connectivity index (χ3v) is 8.44. The second-order valence-electron chi connectivity index (χ2n) is 9.77. The largest absolute Gasteiger partial charge is 0.296 e. The van der Waals surface area contributed by atoms with Gasteiger partial charge in [0.25, 0.3) is 20.2 Å². The highest BCUT2D eigenvalue weighted by Crippen LogP contribution is 2.31. The molecular formula is C25H26N2O6S3. The van der Waals surface area contributed by atoms with Gasteiger partial charge in [0.15, 0.2) is 0 Å². The lowest BCUT2D eigenvalue weighted by molar-refractivity contribution is 0.365. The number of nitrogens with zero attached hydrogens (tertiary/aromatic N) is 2. The molecule has 0 bridgehead atoms. The molecule has 0 fully saturated rings. The van der Waals surface area contributed by atoms with Crippen LogP contribution in [0.1, 0.15) is 39.2 Å². The Kier molecular flexibility index (Phi) is 7.06. The topological polar surface area (TPSA) is 134 Å². The molecular weight excluding hydrogens is 520 g/mol. The molecule has 0 radical (unpaired) electrons. The van der Waals surface area contributed by atoms with E-state index in [1.807, 2.05) is 6.07 Å². The van der Waals surface area contributed by atoms with E-state index in [4.69, 9.17) is 4.98 Å². The van der Waals surface area contributed by atoms with Crippen molar-refractivity contribution < 1.29 is 25.9 Å². The number of benzene rings is 3. The van der Waals surface area contributed by atoms with Crippen LogP contribution < -0.4 is 5.36 Å². The highest BCUT2D eigenvalue weighted by molar-refractivity contribution is 7.86. The van der Waals surface area contributed by atoms with Crippen LogP contribution in [0.4, 0.5) is 5.69 Å². The Bertz CT molecular complexity index is 1700. The molecule has 2 aromatic rings. The van der Waals surface area contributed by atoms with E-state index in [1.54, 1.807) is 18.2 Å². The van der Waals surface area contributed by atoms with E-state index >= 15 is 0 Å². The first-order valence-electron chi connectivity index (χ1n) is 11.2. The predicted molar refractivity (Wildman–Crippen MR) is 140 cm³/mol. The van der Waals surface area contributed by atoms with E-state index in [-0.39, 0.29) is 5.69 Å². The minimum atomic E-state index is -4.69. The molecule has 2 aliphatic rings. The lowest BCUT2D eigenvalue weighted by Gasteiger charge is -2.17. The van der Waals surface area contributed by atoms with Gasteiger partial charge in [-0.3, -0.25) is 9.11 Å². The molecule has 0 unspecified atom stereocenters. The number of aryl methyl sites for hydroxylation is 1. The number of rotatable bonds is 6. The Morgan fingerprint density at radius 1 is 0.917 bits per heavy atom. The van der Waals surface area contributed by atoms with Crippen LogP contribution in [0.5, 0.6) is 0 Å². The molecule has 4 rings (SSSR count). The monoisotopic (exact) mass is 546 g/mol. The van der Waals surface area contributed by atoms with Crippen LogP contribution >= 0.6 is 11.3 Å². The van der Waals surface area contributed by atoms with Crippen LogP contribution in [0.15, 0.2) is 69.4 Å². The fourth-order valence-electron chi connectivity index (χ4n) is 3.81. The Morgan fingerprint density at radius 2 is 1.67 bits per heavy atom. The zero-order valence-electron chi connectivity index (χ0n) is 20.0. The number of hydrogen-bond acceptors (Lipinski definition) is 7. The third-order valence-electron chi connectivity index (χ3n) is 5.58. The van der Waals surface area contributed by atoms with Gasteiger partial charge in [-0.2, -0.15) is 16.8 Å². The first kappa shape index (κ1) is 26.4. The molecule has 2 aromatic carbocycles. The van der Waals surface area contributed by atoms with Crippen molar-refractivity contribution in [2.45, 2.75) is 49.8 Å². The van der Waals surface area contributed by atoms with Crippen LogP contribution in [-0.4, -0.2) is 30.9 Å². The molecule has 0 aromatic heterocycles. The van der Waals surface area contributed by atoms with Crippen molar-refractivity contribution in [2.75, 3.05) is 0 Å². The molecule has 11 heteroatoms. The minimum absolute atomic E-state index is 0.298. The molecule has 8 nitrogen and oxygen atoms in total. The van der Waals surface area contributed by atoms with Crippen LogP contribution in [0, 0.1) is 5.41 Å². The normalized spacial score (nSPS) is 13.5. The summed E-state index contributed by atoms with van der Waals surface area (Å²) in [7, 11) is -9.29. The summed E-state index contributed by atoms with van der Waals surface area (Å²) in [6.45, 7) is 6.70. The van der Waals surface area contributed by atoms with Gasteiger partial charge in [0.05, 0.1) is 36.7 Å². The van der Waals surface area contributed by atoms with E-state index in [2.05, 4.69) is 37.9 Å². The van der Waals surface area contributed by atoms with Gasteiger partial charge in [-0.25, -0.2) is 9.98 Å². The SMILES string of the molecule is CC(C)(C)CCCc1ccc2sc3cc(=Nc4cc(S(=O)(=O)O)ccc4S(=O)(=O)O)ccc-3nc2c1. The van der Waals surface area contributed by atoms with Crippen molar-refractivity contribution in [3.63, 3.8) is 0 Å². The Balaban J connectivity index is 1.75. The van der Waals surface area contributed by atoms with Crippen molar-refractivity contribution in [2.24, 2.45) is 10.4 Å². The van der Waals surface area contributed by atoms with Crippen molar-refractivity contribution in [3.8, 4) is 10.6 Å². The molecule has 1 aliphatic carbocycles. The van der Waals surface area contributed by atoms with Crippen LogP contribution in [0.25, 0.3) is 20.8 Å². The highest BCUT2D eigenvalue weighted by atomic mass is 32.2. The zero-order chi connectivity index (χ0) is 26.3. The van der Waals surface area contributed by atoms with E-state index in [9.17, 15) is 25.9 Å². The molecule has 0 saturated heterocycles. The summed E-state index contributed by atoms with van der Waals surface area (Å²) >= 11 is 1.50. The van der Waals surface area contributed by atoms with Gasteiger partial charge >= 0.3 is 0 Å². The average Bonchev–Trinajstić information content (AvgIpc) is 2.75. The summed E-state index contributed by atoms with van der Waals surface area (Å²) in [6.07, 6.45) is 3.22. The van der Waals surface area contributed by atoms with Crippen molar-refractivity contribution in [1.82, 2.24) is 4.98 Å². The molecule has 0 saturated carbocycles. The molecule has 0 amide bonds. The Morgan fingerprint density at radius 3 is 2.33 bits per heavy atom. The second-order valence-corrected chi connectivity index (χ2v) is 13.7. The Labute approximate surface area is 214 Å². The summed E-state index contributed by atoms with van der Waals surface area (Å²) in [5, 5.41) is 0.330. The van der Waals surface area contributed by atoms with Crippen molar-refractivity contribution in [1.29, 1.82) is 0 Å². The number of hydrogen-bond donors (Lipinski definition) is 2. The lowest BCUT2D eigenvalue weighted by Crippen LogP contribution is -2.05. The second kappa shape index (κ2) is 9.64. The van der Waals surface area contributed by atoms with Gasteiger partial charge in [0, 0.05) is 0 Å². The Hall–Kier alpha value is -2.70. The number of fused-ring (bicyclic) bond motifs is 2. The highest BCUT2D eigenvalue weighted by Gasteiger charge is 2.19. The molecule has 0 spiro atoms. The van der Waals surface area contributed by atoms with Gasteiger partial charge in [0.2, 0.25) is 0 Å². The van der Waals surface area contributed by atoms with Gasteiger partial charge in [0.1, 0.15) is 4.90 Å². The van der Waals surface area contributed by atoms with Crippen molar-refractivity contribution >= 4 is 47.5 Å². The summed E-state index contributed by atoms with van der Waals surface area (Å²) in [4.78, 5) is 8.69. The smallest absolute Gasteiger partial charge is 0.282 e. The van der Waals surface area contributed by atoms with Gasteiger partial charge in [-0.05, 0) is 78.8 Å². The molecule has 1 heterocycles. The van der Waals surface area contributed by atoms with Crippen molar-refractivity contribution in [3.05, 3.63) is 65.5 Å². The molecule has 36 heavy (non-hydrogen) atoms. The third kappa shape index (κ3) is 6.34. The van der Waals surface area contributed by atoms with E-state index in [0.29, 0.717) is 10.8 Å². The van der Waals surface area contributed by atoms with Crippen LogP contribution in [-0.2, 0) is 26.7 Å². The van der Waals surface area contributed by atoms with Gasteiger partial charge in [-0.1, -0.05) is 26.8 Å².